The first kappa shape index (κ1) is 14.7. The number of carbonyl (C=O) groups is 1. The summed E-state index contributed by atoms with van der Waals surface area (Å²) in [5.41, 5.74) is 2.18. The smallest absolute Gasteiger partial charge is 0.243 e. The lowest BCUT2D eigenvalue weighted by atomic mass is 10.1. The van der Waals surface area contributed by atoms with Crippen molar-refractivity contribution in [3.8, 4) is 0 Å². The monoisotopic (exact) mass is 270 g/mol. The molecule has 0 spiro atoms. The summed E-state index contributed by atoms with van der Waals surface area (Å²) in [6.07, 6.45) is 0. The Morgan fingerprint density at radius 1 is 1.22 bits per heavy atom. The summed E-state index contributed by atoms with van der Waals surface area (Å²) in [7, 11) is -2.57. The van der Waals surface area contributed by atoms with Crippen molar-refractivity contribution in [1.29, 1.82) is 0 Å². The number of hydrogen-bond donors (Lipinski definition) is 0. The van der Waals surface area contributed by atoms with Gasteiger partial charge in [-0.05, 0) is 31.9 Å². The first-order valence-corrected chi connectivity index (χ1v) is 6.84. The molecule has 0 radical (unpaired) electrons. The van der Waals surface area contributed by atoms with Crippen LogP contribution >= 0.6 is 0 Å². The zero-order valence-corrected chi connectivity index (χ0v) is 11.7. The minimum Gasteiger partial charge on any atom is -0.549 e. The summed E-state index contributed by atoms with van der Waals surface area (Å²) < 4.78 is 25.3. The molecule has 0 N–H and O–H groups in total. The van der Waals surface area contributed by atoms with Crippen LogP contribution in [-0.2, 0) is 14.8 Å². The highest BCUT2D eigenvalue weighted by atomic mass is 32.2. The third-order valence-electron chi connectivity index (χ3n) is 2.62. The van der Waals surface area contributed by atoms with Gasteiger partial charge in [-0.1, -0.05) is 17.7 Å². The van der Waals surface area contributed by atoms with Crippen LogP contribution in [0.5, 0.6) is 0 Å². The standard InChI is InChI=1S/C12H17NO4S/c1-8-5-9(2)12(10(3)6-8)18(16,17)13(4)7-11(14)15/h5-6H,7H2,1-4H3,(H,14,15)/p-1. The Morgan fingerprint density at radius 2 is 1.67 bits per heavy atom. The highest BCUT2D eigenvalue weighted by Gasteiger charge is 2.24. The second-order valence-electron chi connectivity index (χ2n) is 4.36. The lowest BCUT2D eigenvalue weighted by Gasteiger charge is -2.20. The Hall–Kier alpha value is -1.40. The van der Waals surface area contributed by atoms with Crippen LogP contribution in [0.25, 0.3) is 0 Å². The maximum atomic E-state index is 12.3. The summed E-state index contributed by atoms with van der Waals surface area (Å²) in [5.74, 6) is -1.43. The fraction of sp³-hybridized carbons (Fsp3) is 0.417. The molecule has 5 nitrogen and oxygen atoms in total. The van der Waals surface area contributed by atoms with Crippen molar-refractivity contribution in [2.24, 2.45) is 0 Å². The molecule has 0 saturated heterocycles. The Labute approximate surface area is 107 Å². The van der Waals surface area contributed by atoms with Crippen molar-refractivity contribution in [3.05, 3.63) is 28.8 Å². The van der Waals surface area contributed by atoms with E-state index in [4.69, 9.17) is 0 Å². The van der Waals surface area contributed by atoms with Gasteiger partial charge in [0.05, 0.1) is 17.4 Å². The summed E-state index contributed by atoms with van der Waals surface area (Å²) in [5, 5.41) is 10.5. The van der Waals surface area contributed by atoms with E-state index in [9.17, 15) is 18.3 Å². The molecule has 0 aliphatic heterocycles. The average Bonchev–Trinajstić information content (AvgIpc) is 2.13. The molecule has 1 aromatic rings. The second kappa shape index (κ2) is 5.07. The molecule has 0 aliphatic rings. The van der Waals surface area contributed by atoms with Crippen LogP contribution in [0, 0.1) is 20.8 Å². The molecular weight excluding hydrogens is 254 g/mol. The molecule has 18 heavy (non-hydrogen) atoms. The van der Waals surface area contributed by atoms with Crippen LogP contribution in [0.15, 0.2) is 17.0 Å². The van der Waals surface area contributed by atoms with E-state index in [2.05, 4.69) is 0 Å². The van der Waals surface area contributed by atoms with E-state index in [1.807, 2.05) is 6.92 Å². The molecule has 0 saturated carbocycles. The number of carbonyl (C=O) groups excluding carboxylic acids is 1. The molecule has 1 rings (SSSR count). The molecule has 0 aliphatic carbocycles. The zero-order valence-electron chi connectivity index (χ0n) is 10.9. The molecule has 0 aromatic heterocycles. The lowest BCUT2D eigenvalue weighted by molar-refractivity contribution is -0.305. The third-order valence-corrected chi connectivity index (χ3v) is 4.73. The average molecular weight is 270 g/mol. The van der Waals surface area contributed by atoms with Gasteiger partial charge in [-0.15, -0.1) is 0 Å². The van der Waals surface area contributed by atoms with Gasteiger partial charge in [0.1, 0.15) is 0 Å². The first-order chi connectivity index (χ1) is 8.16. The molecule has 100 valence electrons. The Balaban J connectivity index is 3.33. The van der Waals surface area contributed by atoms with E-state index in [0.717, 1.165) is 9.87 Å². The van der Waals surface area contributed by atoms with Crippen molar-refractivity contribution in [2.75, 3.05) is 13.6 Å². The summed E-state index contributed by atoms with van der Waals surface area (Å²) in [6, 6.07) is 3.51. The van der Waals surface area contributed by atoms with Crippen molar-refractivity contribution >= 4 is 16.0 Å². The second-order valence-corrected chi connectivity index (χ2v) is 6.34. The van der Waals surface area contributed by atoms with Gasteiger partial charge in [-0.3, -0.25) is 0 Å². The largest absolute Gasteiger partial charge is 0.549 e. The van der Waals surface area contributed by atoms with Gasteiger partial charge in [-0.25, -0.2) is 8.42 Å². The predicted octanol–water partition coefficient (Wildman–Crippen LogP) is -0.0177. The number of benzene rings is 1. The number of aryl methyl sites for hydroxylation is 3. The number of hydrogen-bond acceptors (Lipinski definition) is 4. The van der Waals surface area contributed by atoms with Crippen LogP contribution in [-0.4, -0.2) is 32.3 Å². The fourth-order valence-corrected chi connectivity index (χ4v) is 3.51. The molecule has 0 unspecified atom stereocenters. The SMILES string of the molecule is Cc1cc(C)c(S(=O)(=O)N(C)CC(=O)[O-])c(C)c1. The van der Waals surface area contributed by atoms with Gasteiger partial charge in [0.2, 0.25) is 10.0 Å². The number of aliphatic carboxylic acids is 1. The summed E-state index contributed by atoms with van der Waals surface area (Å²) >= 11 is 0. The van der Waals surface area contributed by atoms with Crippen molar-refractivity contribution in [3.63, 3.8) is 0 Å². The molecule has 0 amide bonds. The minimum atomic E-state index is -3.80. The van der Waals surface area contributed by atoms with E-state index in [-0.39, 0.29) is 4.90 Å². The number of likely N-dealkylation sites (N-methyl/N-ethyl adjacent to an activating group) is 1. The van der Waals surface area contributed by atoms with Crippen LogP contribution in [0.1, 0.15) is 16.7 Å². The minimum absolute atomic E-state index is 0.164. The van der Waals surface area contributed by atoms with Gasteiger partial charge in [0, 0.05) is 7.05 Å². The van der Waals surface area contributed by atoms with Crippen molar-refractivity contribution in [2.45, 2.75) is 25.7 Å². The van der Waals surface area contributed by atoms with Gasteiger partial charge < -0.3 is 9.90 Å². The molecule has 0 atom stereocenters. The normalized spacial score (nSPS) is 11.8. The molecule has 0 heterocycles. The van der Waals surface area contributed by atoms with Crippen molar-refractivity contribution < 1.29 is 18.3 Å². The van der Waals surface area contributed by atoms with Crippen LogP contribution in [0.3, 0.4) is 0 Å². The summed E-state index contributed by atoms with van der Waals surface area (Å²) in [4.78, 5) is 10.7. The highest BCUT2D eigenvalue weighted by Crippen LogP contribution is 2.24. The molecule has 0 fully saturated rings. The van der Waals surface area contributed by atoms with E-state index >= 15 is 0 Å². The van der Waals surface area contributed by atoms with Crippen LogP contribution in [0.2, 0.25) is 0 Å². The molecule has 1 aromatic carbocycles. The van der Waals surface area contributed by atoms with Crippen LogP contribution < -0.4 is 5.11 Å². The first-order valence-electron chi connectivity index (χ1n) is 5.40. The molecular formula is C12H16NO4S-. The molecule has 6 heteroatoms. The molecule has 0 bridgehead atoms. The quantitative estimate of drug-likeness (QED) is 0.770. The van der Waals surface area contributed by atoms with Gasteiger partial charge in [0.15, 0.2) is 0 Å². The van der Waals surface area contributed by atoms with Crippen LogP contribution in [0.4, 0.5) is 0 Å². The Kier molecular flexibility index (Phi) is 4.13. The van der Waals surface area contributed by atoms with E-state index in [0.29, 0.717) is 11.1 Å². The summed E-state index contributed by atoms with van der Waals surface area (Å²) in [6.45, 7) is 4.61. The zero-order chi connectivity index (χ0) is 14.1. The Morgan fingerprint density at radius 3 is 2.06 bits per heavy atom. The number of rotatable bonds is 4. The van der Waals surface area contributed by atoms with Gasteiger partial charge in [0.25, 0.3) is 0 Å². The Bertz CT molecular complexity index is 555. The number of sulfonamides is 1. The third kappa shape index (κ3) is 2.88. The number of carboxylic acids is 1. The number of nitrogens with zero attached hydrogens (tertiary/aromatic N) is 1. The maximum Gasteiger partial charge on any atom is 0.243 e. The van der Waals surface area contributed by atoms with E-state index in [1.54, 1.807) is 26.0 Å². The number of carboxylic acid groups (broad SMARTS) is 1. The maximum absolute atomic E-state index is 12.3. The van der Waals surface area contributed by atoms with Crippen molar-refractivity contribution in [1.82, 2.24) is 4.31 Å². The highest BCUT2D eigenvalue weighted by molar-refractivity contribution is 7.89. The van der Waals surface area contributed by atoms with E-state index in [1.165, 1.54) is 7.05 Å². The lowest BCUT2D eigenvalue weighted by Crippen LogP contribution is -2.39. The van der Waals surface area contributed by atoms with E-state index < -0.39 is 22.5 Å². The van der Waals surface area contributed by atoms with Gasteiger partial charge in [-0.2, -0.15) is 4.31 Å². The fourth-order valence-electron chi connectivity index (χ4n) is 2.00. The predicted molar refractivity (Wildman–Crippen MR) is 65.5 cm³/mol. The van der Waals surface area contributed by atoms with Gasteiger partial charge >= 0.3 is 0 Å². The topological polar surface area (TPSA) is 77.5 Å².